The number of carboxylic acid groups (broad SMARTS) is 1. The third-order valence-electron chi connectivity index (χ3n) is 6.70. The van der Waals surface area contributed by atoms with Crippen molar-refractivity contribution < 1.29 is 72.5 Å². The van der Waals surface area contributed by atoms with Gasteiger partial charge in [0.05, 0.1) is 29.0 Å². The number of aliphatic hydroxyl groups is 2. The van der Waals surface area contributed by atoms with Crippen LogP contribution in [0.25, 0.3) is 0 Å². The number of nitrogens with one attached hydrogen (secondary N) is 3. The molecule has 1 fully saturated rings. The minimum atomic E-state index is -1.58. The van der Waals surface area contributed by atoms with Crippen LogP contribution in [0.3, 0.4) is 0 Å². The summed E-state index contributed by atoms with van der Waals surface area (Å²) in [6.45, 7) is 13.0. The SMILES string of the molecule is CC(=O)N[C@H]1[C@H]([C@@H]2OCC[C@@H](O)[C@H]2O)OC(C(=O)O)=C[C@@H]1N=C(NC(=O)OC(C)OC(=O)C(C)(C)C)NC(=O)OC(C)OC(=O)C(C)(C)C. The Kier molecular flexibility index (Phi) is 13.9. The minimum Gasteiger partial charge on any atom is -0.478 e. The Hall–Kier alpha value is -4.49. The van der Waals surface area contributed by atoms with E-state index >= 15 is 0 Å². The van der Waals surface area contributed by atoms with Gasteiger partial charge in [-0.25, -0.2) is 19.4 Å². The molecule has 0 saturated carbocycles. The number of aliphatic carboxylic acids is 1. The Bertz CT molecular complexity index is 1270. The third-order valence-corrected chi connectivity index (χ3v) is 6.70. The summed E-state index contributed by atoms with van der Waals surface area (Å²) in [6, 6.07) is -2.79. The van der Waals surface area contributed by atoms with Gasteiger partial charge in [-0.05, 0) is 54.0 Å². The maximum atomic E-state index is 12.9. The highest BCUT2D eigenvalue weighted by Gasteiger charge is 2.48. The van der Waals surface area contributed by atoms with Crippen molar-refractivity contribution in [1.29, 1.82) is 0 Å². The van der Waals surface area contributed by atoms with Gasteiger partial charge in [0.1, 0.15) is 12.2 Å². The van der Waals surface area contributed by atoms with Crippen molar-refractivity contribution in [1.82, 2.24) is 16.0 Å². The predicted octanol–water partition coefficient (Wildman–Crippen LogP) is 0.417. The molecule has 0 aromatic heterocycles. The Morgan fingerprint density at radius 3 is 1.78 bits per heavy atom. The van der Waals surface area contributed by atoms with Crippen LogP contribution in [0.1, 0.15) is 68.7 Å². The zero-order chi connectivity index (χ0) is 37.4. The van der Waals surface area contributed by atoms with E-state index in [4.69, 9.17) is 28.4 Å². The first kappa shape index (κ1) is 40.7. The Morgan fingerprint density at radius 2 is 1.35 bits per heavy atom. The van der Waals surface area contributed by atoms with E-state index in [1.165, 1.54) is 13.8 Å². The summed E-state index contributed by atoms with van der Waals surface area (Å²) in [5, 5.41) is 37.5. The van der Waals surface area contributed by atoms with Crippen LogP contribution in [-0.2, 0) is 47.6 Å². The van der Waals surface area contributed by atoms with Gasteiger partial charge in [-0.3, -0.25) is 25.0 Å². The monoisotopic (exact) mass is 702 g/mol. The summed E-state index contributed by atoms with van der Waals surface area (Å²) < 4.78 is 31.5. The van der Waals surface area contributed by atoms with Crippen LogP contribution in [0, 0.1) is 10.8 Å². The van der Waals surface area contributed by atoms with Gasteiger partial charge < -0.3 is 49.1 Å². The van der Waals surface area contributed by atoms with E-state index in [2.05, 4.69) is 20.9 Å². The Balaban J connectivity index is 2.50. The van der Waals surface area contributed by atoms with E-state index in [1.54, 1.807) is 41.5 Å². The number of guanidine groups is 1. The van der Waals surface area contributed by atoms with Crippen LogP contribution in [0.2, 0.25) is 0 Å². The number of aliphatic hydroxyl groups excluding tert-OH is 2. The van der Waals surface area contributed by atoms with Gasteiger partial charge in [-0.1, -0.05) is 0 Å². The van der Waals surface area contributed by atoms with E-state index in [9.17, 15) is 44.1 Å². The van der Waals surface area contributed by atoms with Gasteiger partial charge >= 0.3 is 30.1 Å². The number of esters is 2. The molecule has 2 rings (SSSR count). The van der Waals surface area contributed by atoms with Crippen molar-refractivity contribution >= 4 is 42.0 Å². The predicted molar refractivity (Wildman–Crippen MR) is 165 cm³/mol. The molecule has 0 radical (unpaired) electrons. The van der Waals surface area contributed by atoms with E-state index < -0.39 is 108 Å². The molecule has 19 heteroatoms. The normalized spacial score (nSPS) is 25.1. The number of ether oxygens (including phenoxy) is 6. The van der Waals surface area contributed by atoms with Crippen molar-refractivity contribution in [3.63, 3.8) is 0 Å². The molecule has 276 valence electrons. The zero-order valence-electron chi connectivity index (χ0n) is 28.8. The minimum absolute atomic E-state index is 0.0441. The maximum absolute atomic E-state index is 12.9. The van der Waals surface area contributed by atoms with Crippen LogP contribution in [0.5, 0.6) is 0 Å². The molecule has 2 heterocycles. The standard InChI is InChI=1S/C30H46N4O15/c1-13(35)31-19-16(12-18(23(38)39)49-21(19)22-20(37)17(36)10-11-44-22)32-26(33-27(42)47-14(2)45-24(40)29(4,5)6)34-28(43)48-15(3)46-25(41)30(7,8)9/h12,14-17,19-22,36-37H,10-11H2,1-9H3,(H,31,35)(H,38,39)(H2,32,33,34,42,43)/t14?,15?,16-,17+,19+,20+,21+,22+/m0/s1. The maximum Gasteiger partial charge on any atom is 0.417 e. The molecule has 19 nitrogen and oxygen atoms in total. The molecule has 2 aliphatic heterocycles. The van der Waals surface area contributed by atoms with Gasteiger partial charge in [0.2, 0.25) is 30.2 Å². The fourth-order valence-corrected chi connectivity index (χ4v) is 4.23. The molecule has 8 atom stereocenters. The lowest BCUT2D eigenvalue weighted by atomic mass is 9.88. The summed E-state index contributed by atoms with van der Waals surface area (Å²) in [4.78, 5) is 78.8. The average molecular weight is 703 g/mol. The van der Waals surface area contributed by atoms with E-state index in [-0.39, 0.29) is 13.0 Å². The summed E-state index contributed by atoms with van der Waals surface area (Å²) in [5.41, 5.74) is -1.87. The van der Waals surface area contributed by atoms with E-state index in [0.717, 1.165) is 13.0 Å². The van der Waals surface area contributed by atoms with Gasteiger partial charge in [0, 0.05) is 27.4 Å². The fraction of sp³-hybridized carbons (Fsp3) is 0.700. The second kappa shape index (κ2) is 16.8. The molecule has 0 bridgehead atoms. The number of amides is 3. The average Bonchev–Trinajstić information content (AvgIpc) is 2.93. The summed E-state index contributed by atoms with van der Waals surface area (Å²) >= 11 is 0. The van der Waals surface area contributed by atoms with Crippen LogP contribution >= 0.6 is 0 Å². The number of carbonyl (C=O) groups excluding carboxylic acids is 5. The second-order valence-corrected chi connectivity index (χ2v) is 13.3. The first-order valence-corrected chi connectivity index (χ1v) is 15.3. The first-order valence-electron chi connectivity index (χ1n) is 15.3. The lowest BCUT2D eigenvalue weighted by Crippen LogP contribution is -2.62. The zero-order valence-corrected chi connectivity index (χ0v) is 28.8. The van der Waals surface area contributed by atoms with Gasteiger partial charge in [0.25, 0.3) is 0 Å². The van der Waals surface area contributed by atoms with Gasteiger partial charge in [-0.2, -0.15) is 0 Å². The van der Waals surface area contributed by atoms with E-state index in [1.807, 2.05) is 0 Å². The summed E-state index contributed by atoms with van der Waals surface area (Å²) in [5.74, 6) is -5.06. The van der Waals surface area contributed by atoms with Gasteiger partial charge in [0.15, 0.2) is 6.10 Å². The summed E-state index contributed by atoms with van der Waals surface area (Å²) in [7, 11) is 0. The number of carboxylic acids is 1. The smallest absolute Gasteiger partial charge is 0.417 e. The molecule has 6 N–H and O–H groups in total. The molecule has 2 aliphatic rings. The van der Waals surface area contributed by atoms with Crippen molar-refractivity contribution in [3.8, 4) is 0 Å². The molecule has 0 spiro atoms. The number of hydrogen-bond acceptors (Lipinski definition) is 15. The molecular weight excluding hydrogens is 656 g/mol. The van der Waals surface area contributed by atoms with Crippen molar-refractivity contribution in [2.75, 3.05) is 6.61 Å². The summed E-state index contributed by atoms with van der Waals surface area (Å²) in [6.07, 6.45) is -10.1. The molecule has 0 aliphatic carbocycles. The first-order chi connectivity index (χ1) is 22.5. The lowest BCUT2D eigenvalue weighted by molar-refractivity contribution is -0.185. The quantitative estimate of drug-likeness (QED) is 0.0866. The second-order valence-electron chi connectivity index (χ2n) is 13.3. The molecule has 2 unspecified atom stereocenters. The fourth-order valence-electron chi connectivity index (χ4n) is 4.23. The molecular formula is C30H46N4O15. The van der Waals surface area contributed by atoms with Crippen molar-refractivity contribution in [2.24, 2.45) is 15.8 Å². The number of aliphatic imine (C=N–C) groups is 1. The number of rotatable bonds is 8. The van der Waals surface area contributed by atoms with Crippen molar-refractivity contribution in [3.05, 3.63) is 11.8 Å². The molecule has 0 aromatic carbocycles. The van der Waals surface area contributed by atoms with Crippen LogP contribution < -0.4 is 16.0 Å². The Labute approximate surface area is 282 Å². The Morgan fingerprint density at radius 1 is 0.857 bits per heavy atom. The van der Waals surface area contributed by atoms with Crippen LogP contribution in [0.4, 0.5) is 9.59 Å². The molecule has 0 aromatic rings. The van der Waals surface area contributed by atoms with Crippen LogP contribution in [-0.4, -0.2) is 113 Å². The van der Waals surface area contributed by atoms with Gasteiger partial charge in [-0.15, -0.1) is 0 Å². The number of carbonyl (C=O) groups is 6. The highest BCUT2D eigenvalue weighted by molar-refractivity contribution is 6.01. The number of alkyl carbamates (subject to hydrolysis) is 2. The molecule has 3 amide bonds. The van der Waals surface area contributed by atoms with Crippen molar-refractivity contribution in [2.45, 2.75) is 118 Å². The van der Waals surface area contributed by atoms with Crippen LogP contribution in [0.15, 0.2) is 16.8 Å². The molecule has 49 heavy (non-hydrogen) atoms. The lowest BCUT2D eigenvalue weighted by Gasteiger charge is -2.43. The molecule has 1 saturated heterocycles. The van der Waals surface area contributed by atoms with E-state index in [0.29, 0.717) is 0 Å². The number of hydrogen-bond donors (Lipinski definition) is 6. The third kappa shape index (κ3) is 12.5. The highest BCUT2D eigenvalue weighted by Crippen LogP contribution is 2.29. The topological polar surface area (TPSA) is 267 Å². The number of nitrogens with zero attached hydrogens (tertiary/aromatic N) is 1. The largest absolute Gasteiger partial charge is 0.478 e. The highest BCUT2D eigenvalue weighted by atomic mass is 16.7.